The first-order valence-corrected chi connectivity index (χ1v) is 6.97. The molecule has 3 nitrogen and oxygen atoms in total. The van der Waals surface area contributed by atoms with Gasteiger partial charge in [0.15, 0.2) is 5.76 Å². The van der Waals surface area contributed by atoms with Crippen LogP contribution in [0.4, 0.5) is 0 Å². The van der Waals surface area contributed by atoms with Gasteiger partial charge in [0.25, 0.3) is 0 Å². The quantitative estimate of drug-likeness (QED) is 0.913. The van der Waals surface area contributed by atoms with Crippen molar-refractivity contribution in [1.82, 2.24) is 10.5 Å². The Morgan fingerprint density at radius 3 is 2.95 bits per heavy atom. The van der Waals surface area contributed by atoms with Gasteiger partial charge in [-0.2, -0.15) is 0 Å². The first-order valence-electron chi connectivity index (χ1n) is 6.97. The van der Waals surface area contributed by atoms with E-state index in [0.29, 0.717) is 12.0 Å². The van der Waals surface area contributed by atoms with Crippen molar-refractivity contribution in [2.45, 2.75) is 45.7 Å². The van der Waals surface area contributed by atoms with E-state index in [0.717, 1.165) is 24.4 Å². The second-order valence-corrected chi connectivity index (χ2v) is 5.66. The number of aromatic nitrogens is 1. The summed E-state index contributed by atoms with van der Waals surface area (Å²) in [6, 6.07) is 8.94. The third-order valence-electron chi connectivity index (χ3n) is 3.79. The minimum absolute atomic E-state index is 0.459. The molecule has 1 N–H and O–H groups in total. The summed E-state index contributed by atoms with van der Waals surface area (Å²) in [6.45, 7) is 7.34. The van der Waals surface area contributed by atoms with Gasteiger partial charge in [-0.1, -0.05) is 50.2 Å². The van der Waals surface area contributed by atoms with Gasteiger partial charge in [-0.3, -0.25) is 0 Å². The van der Waals surface area contributed by atoms with Crippen LogP contribution in [0.25, 0.3) is 11.3 Å². The van der Waals surface area contributed by atoms with Gasteiger partial charge in [-0.15, -0.1) is 0 Å². The predicted molar refractivity (Wildman–Crippen MR) is 76.0 cm³/mol. The number of fused-ring (bicyclic) bond motifs is 3. The molecule has 3 rings (SSSR count). The van der Waals surface area contributed by atoms with Crippen LogP contribution in [0.5, 0.6) is 0 Å². The zero-order valence-electron chi connectivity index (χ0n) is 11.7. The molecule has 1 aliphatic carbocycles. The topological polar surface area (TPSA) is 38.1 Å². The standard InChI is InChI=1S/C16H20N2O/c1-10(2)17-9-15-14-8-11(3)12-6-4-5-7-13(12)16(14)19-18-15/h4-7,10-11,17H,8-9H2,1-3H3. The molecule has 0 fully saturated rings. The molecule has 0 amide bonds. The van der Waals surface area contributed by atoms with Crippen molar-refractivity contribution in [3.8, 4) is 11.3 Å². The molecule has 0 spiro atoms. The van der Waals surface area contributed by atoms with E-state index in [4.69, 9.17) is 4.52 Å². The fourth-order valence-corrected chi connectivity index (χ4v) is 2.75. The minimum Gasteiger partial charge on any atom is -0.356 e. The van der Waals surface area contributed by atoms with Gasteiger partial charge in [0.05, 0.1) is 0 Å². The zero-order chi connectivity index (χ0) is 13.4. The average molecular weight is 256 g/mol. The lowest BCUT2D eigenvalue weighted by Crippen LogP contribution is -2.23. The van der Waals surface area contributed by atoms with Crippen molar-refractivity contribution in [2.24, 2.45) is 0 Å². The molecule has 19 heavy (non-hydrogen) atoms. The molecule has 0 radical (unpaired) electrons. The van der Waals surface area contributed by atoms with Crippen LogP contribution in [-0.4, -0.2) is 11.2 Å². The first kappa shape index (κ1) is 12.4. The SMILES string of the molecule is CC(C)NCc1noc2c1CC(C)c1ccccc1-2. The Bertz CT molecular complexity index is 586. The van der Waals surface area contributed by atoms with E-state index < -0.39 is 0 Å². The Hall–Kier alpha value is -1.61. The van der Waals surface area contributed by atoms with E-state index in [2.05, 4.69) is 55.5 Å². The van der Waals surface area contributed by atoms with Gasteiger partial charge in [0.1, 0.15) is 5.69 Å². The summed E-state index contributed by atoms with van der Waals surface area (Å²) >= 11 is 0. The van der Waals surface area contributed by atoms with Crippen molar-refractivity contribution in [1.29, 1.82) is 0 Å². The summed E-state index contributed by atoms with van der Waals surface area (Å²) in [5, 5.41) is 7.68. The molecule has 0 bridgehead atoms. The van der Waals surface area contributed by atoms with Crippen LogP contribution in [0, 0.1) is 0 Å². The molecule has 100 valence electrons. The normalized spacial score (nSPS) is 17.4. The Morgan fingerprint density at radius 1 is 1.37 bits per heavy atom. The maximum Gasteiger partial charge on any atom is 0.170 e. The fourth-order valence-electron chi connectivity index (χ4n) is 2.75. The lowest BCUT2D eigenvalue weighted by molar-refractivity contribution is 0.416. The highest BCUT2D eigenvalue weighted by molar-refractivity contribution is 5.69. The molecule has 1 aromatic heterocycles. The summed E-state index contributed by atoms with van der Waals surface area (Å²) in [5.41, 5.74) is 4.92. The molecule has 1 heterocycles. The molecular weight excluding hydrogens is 236 g/mol. The van der Waals surface area contributed by atoms with Crippen LogP contribution >= 0.6 is 0 Å². The summed E-state index contributed by atoms with van der Waals surface area (Å²) in [6.07, 6.45) is 1.02. The highest BCUT2D eigenvalue weighted by Crippen LogP contribution is 2.40. The monoisotopic (exact) mass is 256 g/mol. The van der Waals surface area contributed by atoms with Gasteiger partial charge in [0.2, 0.25) is 0 Å². The second kappa shape index (κ2) is 4.82. The van der Waals surface area contributed by atoms with Crippen molar-refractivity contribution in [3.63, 3.8) is 0 Å². The van der Waals surface area contributed by atoms with E-state index in [9.17, 15) is 0 Å². The van der Waals surface area contributed by atoms with Crippen molar-refractivity contribution in [2.75, 3.05) is 0 Å². The number of nitrogens with one attached hydrogen (secondary N) is 1. The van der Waals surface area contributed by atoms with Crippen molar-refractivity contribution in [3.05, 3.63) is 41.1 Å². The van der Waals surface area contributed by atoms with Crippen LogP contribution < -0.4 is 5.32 Å². The van der Waals surface area contributed by atoms with E-state index in [1.54, 1.807) is 0 Å². The van der Waals surface area contributed by atoms with E-state index in [1.807, 2.05) is 0 Å². The Labute approximate surface area is 114 Å². The zero-order valence-corrected chi connectivity index (χ0v) is 11.7. The number of benzene rings is 1. The molecule has 3 heteroatoms. The van der Waals surface area contributed by atoms with Crippen LogP contribution in [0.15, 0.2) is 28.8 Å². The third kappa shape index (κ3) is 2.19. The number of rotatable bonds is 3. The largest absolute Gasteiger partial charge is 0.356 e. The number of nitrogens with zero attached hydrogens (tertiary/aromatic N) is 1. The Morgan fingerprint density at radius 2 is 2.16 bits per heavy atom. The Balaban J connectivity index is 1.99. The van der Waals surface area contributed by atoms with E-state index >= 15 is 0 Å². The molecular formula is C16H20N2O. The van der Waals surface area contributed by atoms with Gasteiger partial charge >= 0.3 is 0 Å². The summed E-state index contributed by atoms with van der Waals surface area (Å²) < 4.78 is 5.60. The van der Waals surface area contributed by atoms with Crippen LogP contribution in [0.2, 0.25) is 0 Å². The van der Waals surface area contributed by atoms with Gasteiger partial charge in [-0.25, -0.2) is 0 Å². The lowest BCUT2D eigenvalue weighted by atomic mass is 9.82. The van der Waals surface area contributed by atoms with E-state index in [-0.39, 0.29) is 0 Å². The van der Waals surface area contributed by atoms with Gasteiger partial charge < -0.3 is 9.84 Å². The molecule has 1 aromatic carbocycles. The molecule has 1 unspecified atom stereocenters. The van der Waals surface area contributed by atoms with Gasteiger partial charge in [0, 0.05) is 23.7 Å². The summed E-state index contributed by atoms with van der Waals surface area (Å²) in [5.74, 6) is 1.50. The molecule has 1 atom stereocenters. The predicted octanol–water partition coefficient (Wildman–Crippen LogP) is 3.50. The molecule has 0 saturated carbocycles. The third-order valence-corrected chi connectivity index (χ3v) is 3.79. The van der Waals surface area contributed by atoms with Crippen molar-refractivity contribution < 1.29 is 4.52 Å². The number of hydrogen-bond donors (Lipinski definition) is 1. The van der Waals surface area contributed by atoms with Crippen molar-refractivity contribution >= 4 is 0 Å². The Kier molecular flexibility index (Phi) is 3.15. The smallest absolute Gasteiger partial charge is 0.170 e. The fraction of sp³-hybridized carbons (Fsp3) is 0.438. The maximum atomic E-state index is 5.60. The molecule has 1 aliphatic rings. The summed E-state index contributed by atoms with van der Waals surface area (Å²) in [4.78, 5) is 0. The van der Waals surface area contributed by atoms with Crippen LogP contribution in [0.3, 0.4) is 0 Å². The lowest BCUT2D eigenvalue weighted by Gasteiger charge is -2.21. The minimum atomic E-state index is 0.459. The summed E-state index contributed by atoms with van der Waals surface area (Å²) in [7, 11) is 0. The van der Waals surface area contributed by atoms with Crippen LogP contribution in [0.1, 0.15) is 43.5 Å². The second-order valence-electron chi connectivity index (χ2n) is 5.66. The van der Waals surface area contributed by atoms with Crippen LogP contribution in [-0.2, 0) is 13.0 Å². The average Bonchev–Trinajstić information content (AvgIpc) is 2.80. The van der Waals surface area contributed by atoms with E-state index in [1.165, 1.54) is 16.7 Å². The maximum absolute atomic E-state index is 5.60. The highest BCUT2D eigenvalue weighted by atomic mass is 16.5. The highest BCUT2D eigenvalue weighted by Gasteiger charge is 2.27. The molecule has 0 aliphatic heterocycles. The first-order chi connectivity index (χ1) is 9.16. The number of hydrogen-bond acceptors (Lipinski definition) is 3. The molecule has 0 saturated heterocycles. The van der Waals surface area contributed by atoms with Gasteiger partial charge in [-0.05, 0) is 17.9 Å². The molecule has 2 aromatic rings.